The van der Waals surface area contributed by atoms with Crippen molar-refractivity contribution in [3.8, 4) is 5.75 Å². The number of nitrogens with zero attached hydrogens (tertiary/aromatic N) is 1. The van der Waals surface area contributed by atoms with Crippen molar-refractivity contribution >= 4 is 0 Å². The molecule has 0 spiro atoms. The second-order valence-electron chi connectivity index (χ2n) is 5.13. The van der Waals surface area contributed by atoms with Gasteiger partial charge in [0, 0.05) is 18.4 Å². The summed E-state index contributed by atoms with van der Waals surface area (Å²) in [5.41, 5.74) is 9.61. The van der Waals surface area contributed by atoms with Crippen molar-refractivity contribution in [2.24, 2.45) is 5.73 Å². The average Bonchev–Trinajstić information content (AvgIpc) is 2.47. The standard InChI is InChI=1S/C17H22N2O/c1-3-16(18)11-15-10-13(2)4-5-17(15)20-12-14-6-8-19-9-7-14/h4-10,16H,3,11-12,18H2,1-2H3. The Labute approximate surface area is 120 Å². The molecular weight excluding hydrogens is 248 g/mol. The number of nitrogens with two attached hydrogens (primary N) is 1. The van der Waals surface area contributed by atoms with Crippen LogP contribution in [0.2, 0.25) is 0 Å². The SMILES string of the molecule is CCC(N)Cc1cc(C)ccc1OCc1ccncc1. The summed E-state index contributed by atoms with van der Waals surface area (Å²) >= 11 is 0. The number of pyridine rings is 1. The molecule has 20 heavy (non-hydrogen) atoms. The van der Waals surface area contributed by atoms with Gasteiger partial charge in [-0.1, -0.05) is 24.6 Å². The zero-order valence-corrected chi connectivity index (χ0v) is 12.2. The van der Waals surface area contributed by atoms with Crippen LogP contribution in [0.25, 0.3) is 0 Å². The summed E-state index contributed by atoms with van der Waals surface area (Å²) in [6, 6.07) is 10.4. The molecule has 1 heterocycles. The van der Waals surface area contributed by atoms with Crippen LogP contribution < -0.4 is 10.5 Å². The predicted molar refractivity (Wildman–Crippen MR) is 81.7 cm³/mol. The lowest BCUT2D eigenvalue weighted by atomic mass is 10.0. The number of aryl methyl sites for hydroxylation is 1. The molecule has 0 saturated carbocycles. The number of hydrogen-bond acceptors (Lipinski definition) is 3. The molecule has 0 bridgehead atoms. The fraction of sp³-hybridized carbons (Fsp3) is 0.353. The maximum absolute atomic E-state index is 6.07. The average molecular weight is 270 g/mol. The van der Waals surface area contributed by atoms with Gasteiger partial charge in [-0.2, -0.15) is 0 Å². The quantitative estimate of drug-likeness (QED) is 0.876. The maximum atomic E-state index is 6.07. The second kappa shape index (κ2) is 7.06. The first-order valence-electron chi connectivity index (χ1n) is 7.06. The van der Waals surface area contributed by atoms with E-state index in [1.807, 2.05) is 18.2 Å². The van der Waals surface area contributed by atoms with Gasteiger partial charge in [-0.3, -0.25) is 4.98 Å². The van der Waals surface area contributed by atoms with E-state index in [1.54, 1.807) is 12.4 Å². The van der Waals surface area contributed by atoms with Crippen molar-refractivity contribution in [2.45, 2.75) is 39.3 Å². The largest absolute Gasteiger partial charge is 0.489 e. The van der Waals surface area contributed by atoms with E-state index in [1.165, 1.54) is 11.1 Å². The van der Waals surface area contributed by atoms with E-state index in [0.717, 1.165) is 24.2 Å². The number of hydrogen-bond donors (Lipinski definition) is 1. The summed E-state index contributed by atoms with van der Waals surface area (Å²) < 4.78 is 5.94. The molecule has 1 unspecified atom stereocenters. The third-order valence-electron chi connectivity index (χ3n) is 3.37. The summed E-state index contributed by atoms with van der Waals surface area (Å²) in [4.78, 5) is 4.01. The lowest BCUT2D eigenvalue weighted by Gasteiger charge is -2.15. The molecule has 106 valence electrons. The van der Waals surface area contributed by atoms with Crippen molar-refractivity contribution in [2.75, 3.05) is 0 Å². The Morgan fingerprint density at radius 1 is 1.20 bits per heavy atom. The van der Waals surface area contributed by atoms with E-state index in [2.05, 4.69) is 31.0 Å². The summed E-state index contributed by atoms with van der Waals surface area (Å²) in [5.74, 6) is 0.927. The van der Waals surface area contributed by atoms with Gasteiger partial charge in [0.2, 0.25) is 0 Å². The minimum atomic E-state index is 0.181. The summed E-state index contributed by atoms with van der Waals surface area (Å²) in [6.45, 7) is 4.76. The van der Waals surface area contributed by atoms with Gasteiger partial charge < -0.3 is 10.5 Å². The molecule has 0 aliphatic heterocycles. The number of benzene rings is 1. The molecule has 2 N–H and O–H groups in total. The molecule has 0 amide bonds. The molecule has 1 atom stereocenters. The summed E-state index contributed by atoms with van der Waals surface area (Å²) in [7, 11) is 0. The van der Waals surface area contributed by atoms with Crippen LogP contribution in [0, 0.1) is 6.92 Å². The molecule has 0 saturated heterocycles. The van der Waals surface area contributed by atoms with E-state index in [-0.39, 0.29) is 6.04 Å². The molecule has 2 rings (SSSR count). The molecule has 0 fully saturated rings. The first kappa shape index (κ1) is 14.5. The molecule has 1 aromatic carbocycles. The van der Waals surface area contributed by atoms with Gasteiger partial charge in [-0.05, 0) is 49.1 Å². The number of ether oxygens (including phenoxy) is 1. The van der Waals surface area contributed by atoms with Crippen molar-refractivity contribution in [3.63, 3.8) is 0 Å². The minimum absolute atomic E-state index is 0.181. The number of rotatable bonds is 6. The highest BCUT2D eigenvalue weighted by Crippen LogP contribution is 2.23. The van der Waals surface area contributed by atoms with E-state index in [9.17, 15) is 0 Å². The van der Waals surface area contributed by atoms with Gasteiger partial charge in [-0.25, -0.2) is 0 Å². The zero-order chi connectivity index (χ0) is 14.4. The van der Waals surface area contributed by atoms with Crippen LogP contribution in [0.1, 0.15) is 30.0 Å². The number of aromatic nitrogens is 1. The summed E-state index contributed by atoms with van der Waals surface area (Å²) in [6.07, 6.45) is 5.38. The van der Waals surface area contributed by atoms with Gasteiger partial charge in [0.05, 0.1) is 0 Å². The third kappa shape index (κ3) is 4.07. The van der Waals surface area contributed by atoms with E-state index in [0.29, 0.717) is 6.61 Å². The second-order valence-corrected chi connectivity index (χ2v) is 5.13. The Bertz CT molecular complexity index is 540. The van der Waals surface area contributed by atoms with Crippen molar-refractivity contribution in [3.05, 3.63) is 59.4 Å². The van der Waals surface area contributed by atoms with Crippen LogP contribution in [0.15, 0.2) is 42.7 Å². The van der Waals surface area contributed by atoms with E-state index in [4.69, 9.17) is 10.5 Å². The summed E-state index contributed by atoms with van der Waals surface area (Å²) in [5, 5.41) is 0. The highest BCUT2D eigenvalue weighted by Gasteiger charge is 2.08. The van der Waals surface area contributed by atoms with Crippen LogP contribution in [-0.2, 0) is 13.0 Å². The topological polar surface area (TPSA) is 48.1 Å². The minimum Gasteiger partial charge on any atom is -0.489 e. The van der Waals surface area contributed by atoms with Crippen molar-refractivity contribution in [1.29, 1.82) is 0 Å². The molecule has 0 aliphatic rings. The van der Waals surface area contributed by atoms with Crippen LogP contribution >= 0.6 is 0 Å². The Kier molecular flexibility index (Phi) is 5.13. The highest BCUT2D eigenvalue weighted by atomic mass is 16.5. The molecule has 3 nitrogen and oxygen atoms in total. The normalized spacial score (nSPS) is 12.2. The van der Waals surface area contributed by atoms with Gasteiger partial charge in [0.15, 0.2) is 0 Å². The Balaban J connectivity index is 2.10. The Morgan fingerprint density at radius 2 is 1.95 bits per heavy atom. The van der Waals surface area contributed by atoms with Gasteiger partial charge in [0.1, 0.15) is 12.4 Å². The first-order chi connectivity index (χ1) is 9.69. The fourth-order valence-corrected chi connectivity index (χ4v) is 2.08. The van der Waals surface area contributed by atoms with Gasteiger partial charge >= 0.3 is 0 Å². The maximum Gasteiger partial charge on any atom is 0.123 e. The highest BCUT2D eigenvalue weighted by molar-refractivity contribution is 5.37. The van der Waals surface area contributed by atoms with Crippen LogP contribution in [0.3, 0.4) is 0 Å². The molecule has 1 aromatic heterocycles. The third-order valence-corrected chi connectivity index (χ3v) is 3.37. The van der Waals surface area contributed by atoms with Crippen LogP contribution in [0.4, 0.5) is 0 Å². The first-order valence-corrected chi connectivity index (χ1v) is 7.06. The zero-order valence-electron chi connectivity index (χ0n) is 12.2. The van der Waals surface area contributed by atoms with Crippen molar-refractivity contribution < 1.29 is 4.74 Å². The monoisotopic (exact) mass is 270 g/mol. The van der Waals surface area contributed by atoms with Gasteiger partial charge in [-0.15, -0.1) is 0 Å². The van der Waals surface area contributed by atoms with E-state index < -0.39 is 0 Å². The van der Waals surface area contributed by atoms with Crippen LogP contribution in [0.5, 0.6) is 5.75 Å². The van der Waals surface area contributed by atoms with E-state index >= 15 is 0 Å². The van der Waals surface area contributed by atoms with Gasteiger partial charge in [0.25, 0.3) is 0 Å². The molecule has 0 radical (unpaired) electrons. The molecular formula is C17H22N2O. The van der Waals surface area contributed by atoms with Crippen LogP contribution in [-0.4, -0.2) is 11.0 Å². The lowest BCUT2D eigenvalue weighted by molar-refractivity contribution is 0.302. The molecule has 3 heteroatoms. The lowest BCUT2D eigenvalue weighted by Crippen LogP contribution is -2.21. The Morgan fingerprint density at radius 3 is 2.65 bits per heavy atom. The smallest absolute Gasteiger partial charge is 0.123 e. The Hall–Kier alpha value is -1.87. The van der Waals surface area contributed by atoms with Crippen molar-refractivity contribution in [1.82, 2.24) is 4.98 Å². The fourth-order valence-electron chi connectivity index (χ4n) is 2.08. The predicted octanol–water partition coefficient (Wildman–Crippen LogP) is 3.25. The molecule has 2 aromatic rings. The molecule has 0 aliphatic carbocycles.